The first-order valence-corrected chi connectivity index (χ1v) is 17.0. The summed E-state index contributed by atoms with van der Waals surface area (Å²) in [5, 5.41) is 11.2. The fourth-order valence-electron chi connectivity index (χ4n) is 7.51. The van der Waals surface area contributed by atoms with Crippen molar-refractivity contribution in [3.05, 3.63) is 136 Å². The second-order valence-electron chi connectivity index (χ2n) is 13.7. The molecule has 0 radical (unpaired) electrons. The number of halogens is 12. The van der Waals surface area contributed by atoms with Gasteiger partial charge in [0.15, 0.2) is 0 Å². The second kappa shape index (κ2) is 12.8. The Kier molecular flexibility index (Phi) is 8.44. The van der Waals surface area contributed by atoms with Crippen LogP contribution in [0.1, 0.15) is 39.2 Å². The van der Waals surface area contributed by atoms with Gasteiger partial charge in [-0.15, -0.1) is 0 Å². The van der Waals surface area contributed by atoms with Crippen LogP contribution >= 0.6 is 0 Å². The van der Waals surface area contributed by atoms with Crippen LogP contribution in [0.2, 0.25) is 0 Å². The Bertz CT molecular complexity index is 2710. The van der Waals surface area contributed by atoms with E-state index in [4.69, 9.17) is 0 Å². The average molecular weight is 811 g/mol. The van der Waals surface area contributed by atoms with Crippen molar-refractivity contribution >= 4 is 43.6 Å². The van der Waals surface area contributed by atoms with Gasteiger partial charge in [-0.2, -0.15) is 57.9 Å². The summed E-state index contributed by atoms with van der Waals surface area (Å²) < 4.78 is 173. The first-order valence-electron chi connectivity index (χ1n) is 17.0. The maximum Gasteiger partial charge on any atom is 0.416 e. The summed E-state index contributed by atoms with van der Waals surface area (Å²) in [5.41, 5.74) is -5.55. The zero-order valence-electron chi connectivity index (χ0n) is 29.6. The van der Waals surface area contributed by atoms with E-state index in [1.165, 1.54) is 12.1 Å². The minimum Gasteiger partial charge on any atom is -0.308 e. The summed E-state index contributed by atoms with van der Waals surface area (Å²) in [6, 6.07) is 17.8. The van der Waals surface area contributed by atoms with Crippen LogP contribution in [0.4, 0.5) is 52.7 Å². The Labute approximate surface area is 318 Å². The summed E-state index contributed by atoms with van der Waals surface area (Å²) >= 11 is 0. The summed E-state index contributed by atoms with van der Waals surface area (Å²) in [6.45, 7) is 3.27. The number of nitrogens with zero attached hydrogens (tertiary/aromatic N) is 4. The number of nitriles is 1. The molecule has 4 nitrogen and oxygen atoms in total. The van der Waals surface area contributed by atoms with Gasteiger partial charge in [0.25, 0.3) is 0 Å². The lowest BCUT2D eigenvalue weighted by molar-refractivity contribution is -0.138. The summed E-state index contributed by atoms with van der Waals surface area (Å²) in [4.78, 5) is 4.34. The zero-order chi connectivity index (χ0) is 41.9. The largest absolute Gasteiger partial charge is 0.416 e. The van der Waals surface area contributed by atoms with E-state index in [0.29, 0.717) is 41.2 Å². The molecule has 8 rings (SSSR count). The molecule has 5 aromatic carbocycles. The lowest BCUT2D eigenvalue weighted by atomic mass is 9.99. The number of aryl methyl sites for hydroxylation is 2. The molecular weight excluding hydrogens is 788 g/mol. The molecule has 294 valence electrons. The van der Waals surface area contributed by atoms with Crippen molar-refractivity contribution in [1.82, 2.24) is 14.1 Å². The van der Waals surface area contributed by atoms with Gasteiger partial charge in [0.1, 0.15) is 11.6 Å². The molecule has 0 atom stereocenters. The first kappa shape index (κ1) is 38.4. The maximum absolute atomic E-state index is 14.2. The standard InChI is InChI=1S/C42H22F12N4/c1-20-11-22(12-21(2)56-20)23-13-33(57-35-15-24(39(43,44)45)3-7-28(35)29-8-4-25(16-36(29)57)40(46,47)48)32(19-55)34(14-23)58-37-17-26(41(49,50)51)5-9-30(37)31-10-6-27(18-38(31)58)42(52,53)54/h3-18H,1-2H3. The highest BCUT2D eigenvalue weighted by molar-refractivity contribution is 6.11. The van der Waals surface area contributed by atoms with Crippen LogP contribution in [0.25, 0.3) is 66.1 Å². The van der Waals surface area contributed by atoms with E-state index in [1.54, 1.807) is 26.0 Å². The molecule has 0 bridgehead atoms. The Balaban J connectivity index is 1.61. The molecule has 16 heteroatoms. The predicted molar refractivity (Wildman–Crippen MR) is 193 cm³/mol. The number of fused-ring (bicyclic) bond motifs is 6. The number of alkyl halides is 12. The number of rotatable bonds is 3. The molecule has 0 spiro atoms. The minimum atomic E-state index is -4.93. The zero-order valence-corrected chi connectivity index (χ0v) is 29.6. The molecule has 0 aliphatic rings. The fourth-order valence-corrected chi connectivity index (χ4v) is 7.51. The molecule has 8 aromatic rings. The van der Waals surface area contributed by atoms with Crippen LogP contribution < -0.4 is 0 Å². The first-order chi connectivity index (χ1) is 27.0. The van der Waals surface area contributed by atoms with Crippen molar-refractivity contribution in [3.63, 3.8) is 0 Å². The summed E-state index contributed by atoms with van der Waals surface area (Å²) in [6.07, 6.45) is -19.7. The van der Waals surface area contributed by atoms with Crippen molar-refractivity contribution in [2.75, 3.05) is 0 Å². The lowest BCUT2D eigenvalue weighted by Crippen LogP contribution is -2.09. The Morgan fingerprint density at radius 3 is 0.966 bits per heavy atom. The SMILES string of the molecule is Cc1cc(-c2cc(-n3c4cc(C(F)(F)F)ccc4c4ccc(C(F)(F)F)cc43)c(C#N)c(-n3c4cc(C(F)(F)F)ccc4c4ccc(C(F)(F)F)cc43)c2)cc(C)n1. The highest BCUT2D eigenvalue weighted by Crippen LogP contribution is 2.45. The molecule has 0 N–H and O–H groups in total. The lowest BCUT2D eigenvalue weighted by Gasteiger charge is -2.19. The van der Waals surface area contributed by atoms with Gasteiger partial charge in [0.05, 0.1) is 55.7 Å². The maximum atomic E-state index is 14.2. The molecule has 58 heavy (non-hydrogen) atoms. The molecule has 0 aliphatic heterocycles. The Morgan fingerprint density at radius 2 is 0.707 bits per heavy atom. The van der Waals surface area contributed by atoms with E-state index in [2.05, 4.69) is 4.98 Å². The molecule has 0 fully saturated rings. The van der Waals surface area contributed by atoms with Crippen molar-refractivity contribution in [1.29, 1.82) is 5.26 Å². The van der Waals surface area contributed by atoms with Gasteiger partial charge < -0.3 is 9.13 Å². The van der Waals surface area contributed by atoms with E-state index in [-0.39, 0.29) is 60.5 Å². The van der Waals surface area contributed by atoms with Crippen molar-refractivity contribution < 1.29 is 52.7 Å². The summed E-state index contributed by atoms with van der Waals surface area (Å²) in [5.74, 6) is 0. The normalized spacial score (nSPS) is 13.0. The van der Waals surface area contributed by atoms with Crippen molar-refractivity contribution in [3.8, 4) is 28.6 Å². The highest BCUT2D eigenvalue weighted by atomic mass is 19.4. The number of hydrogen-bond acceptors (Lipinski definition) is 2. The van der Waals surface area contributed by atoms with Crippen molar-refractivity contribution in [2.45, 2.75) is 38.6 Å². The van der Waals surface area contributed by atoms with Crippen LogP contribution in [-0.2, 0) is 24.7 Å². The third-order valence-electron chi connectivity index (χ3n) is 9.95. The van der Waals surface area contributed by atoms with Crippen molar-refractivity contribution in [2.24, 2.45) is 0 Å². The van der Waals surface area contributed by atoms with Gasteiger partial charge in [-0.3, -0.25) is 4.98 Å². The number of benzene rings is 5. The van der Waals surface area contributed by atoms with Gasteiger partial charge in [-0.05, 0) is 97.8 Å². The fraction of sp³-hybridized carbons (Fsp3) is 0.143. The quantitative estimate of drug-likeness (QED) is 0.167. The minimum absolute atomic E-state index is 0.0599. The van der Waals surface area contributed by atoms with Crippen LogP contribution in [-0.4, -0.2) is 14.1 Å². The van der Waals surface area contributed by atoms with Crippen LogP contribution in [0.15, 0.2) is 97.1 Å². The smallest absolute Gasteiger partial charge is 0.308 e. The van der Waals surface area contributed by atoms with E-state index < -0.39 is 52.5 Å². The number of hydrogen-bond donors (Lipinski definition) is 0. The second-order valence-corrected chi connectivity index (χ2v) is 13.7. The third kappa shape index (κ3) is 6.34. The van der Waals surface area contributed by atoms with E-state index in [0.717, 1.165) is 57.7 Å². The topological polar surface area (TPSA) is 46.5 Å². The molecule has 0 aliphatic carbocycles. The predicted octanol–water partition coefficient (Wildman–Crippen LogP) is 13.5. The van der Waals surface area contributed by atoms with E-state index >= 15 is 0 Å². The average Bonchev–Trinajstić information content (AvgIpc) is 3.63. The Morgan fingerprint density at radius 1 is 0.431 bits per heavy atom. The third-order valence-corrected chi connectivity index (χ3v) is 9.95. The van der Waals surface area contributed by atoms with E-state index in [1.807, 2.05) is 6.07 Å². The van der Waals surface area contributed by atoms with Crippen LogP contribution in [0, 0.1) is 25.2 Å². The van der Waals surface area contributed by atoms with E-state index in [9.17, 15) is 57.9 Å². The monoisotopic (exact) mass is 810 g/mol. The molecule has 0 saturated carbocycles. The van der Waals surface area contributed by atoms with Gasteiger partial charge in [-0.1, -0.05) is 24.3 Å². The highest BCUT2D eigenvalue weighted by Gasteiger charge is 2.36. The Hall–Kier alpha value is -6.50. The van der Waals surface area contributed by atoms with Crippen LogP contribution in [0.3, 0.4) is 0 Å². The van der Waals surface area contributed by atoms with Gasteiger partial charge in [0.2, 0.25) is 0 Å². The summed E-state index contributed by atoms with van der Waals surface area (Å²) in [7, 11) is 0. The molecule has 0 unspecified atom stereocenters. The van der Waals surface area contributed by atoms with Gasteiger partial charge in [-0.25, -0.2) is 0 Å². The number of aromatic nitrogens is 3. The molecule has 3 aromatic heterocycles. The molecule has 0 saturated heterocycles. The molecular formula is C42H22F12N4. The van der Waals surface area contributed by atoms with Gasteiger partial charge in [0, 0.05) is 32.9 Å². The molecule has 0 amide bonds. The molecule has 3 heterocycles. The van der Waals surface area contributed by atoms with Gasteiger partial charge >= 0.3 is 24.7 Å². The van der Waals surface area contributed by atoms with Crippen LogP contribution in [0.5, 0.6) is 0 Å². The number of pyridine rings is 1.